The average molecular weight is 292 g/mol. The van der Waals surface area contributed by atoms with Crippen molar-refractivity contribution >= 4 is 17.7 Å². The van der Waals surface area contributed by atoms with Gasteiger partial charge in [-0.1, -0.05) is 0 Å². The van der Waals surface area contributed by atoms with Crippen molar-refractivity contribution < 1.29 is 28.0 Å². The molecule has 0 spiro atoms. The largest absolute Gasteiger partial charge is 0.405 e. The Kier molecular flexibility index (Phi) is 5.03. The fourth-order valence-corrected chi connectivity index (χ4v) is 1.66. The summed E-state index contributed by atoms with van der Waals surface area (Å²) in [6.45, 7) is -2.27. The smallest absolute Gasteiger partial charge is 0.395 e. The fraction of sp³-hybridized carbons (Fsp3) is 0.364. The van der Waals surface area contributed by atoms with Crippen LogP contribution in [0.1, 0.15) is 10.4 Å². The third-order valence-electron chi connectivity index (χ3n) is 2.43. The van der Waals surface area contributed by atoms with Gasteiger partial charge in [-0.25, -0.2) is 0 Å². The molecule has 1 aromatic rings. The van der Waals surface area contributed by atoms with E-state index in [2.05, 4.69) is 0 Å². The van der Waals surface area contributed by atoms with Crippen LogP contribution in [-0.2, 0) is 0 Å². The Labute approximate surface area is 111 Å². The normalized spacial score (nSPS) is 11.2. The molecule has 0 bridgehead atoms. The zero-order chi connectivity index (χ0) is 15.3. The van der Waals surface area contributed by atoms with Crippen molar-refractivity contribution in [3.63, 3.8) is 0 Å². The minimum Gasteiger partial charge on any atom is -0.395 e. The maximum Gasteiger partial charge on any atom is 0.405 e. The highest BCUT2D eigenvalue weighted by Gasteiger charge is 2.31. The van der Waals surface area contributed by atoms with E-state index in [0.717, 1.165) is 23.1 Å². The van der Waals surface area contributed by atoms with Gasteiger partial charge in [0.25, 0.3) is 5.69 Å². The van der Waals surface area contributed by atoms with Crippen LogP contribution in [0, 0.1) is 10.1 Å². The lowest BCUT2D eigenvalue weighted by atomic mass is 10.1. The summed E-state index contributed by atoms with van der Waals surface area (Å²) in [6.07, 6.45) is -4.29. The molecule has 0 atom stereocenters. The van der Waals surface area contributed by atoms with Crippen molar-refractivity contribution in [3.8, 4) is 0 Å². The number of aliphatic hydroxyl groups is 1. The lowest BCUT2D eigenvalue weighted by Gasteiger charge is -2.26. The van der Waals surface area contributed by atoms with Gasteiger partial charge in [-0.15, -0.1) is 0 Å². The van der Waals surface area contributed by atoms with Crippen LogP contribution >= 0.6 is 0 Å². The minimum atomic E-state index is -4.53. The molecule has 0 unspecified atom stereocenters. The number of hydrogen-bond donors (Lipinski definition) is 1. The molecule has 0 saturated heterocycles. The van der Waals surface area contributed by atoms with E-state index in [1.54, 1.807) is 0 Å². The number of non-ortho nitro benzene ring substituents is 1. The molecule has 0 aromatic heterocycles. The molecule has 1 aromatic carbocycles. The number of rotatable bonds is 6. The predicted molar refractivity (Wildman–Crippen MR) is 63.8 cm³/mol. The molecule has 0 aliphatic carbocycles. The summed E-state index contributed by atoms with van der Waals surface area (Å²) in [5.74, 6) is 0. The number of aldehydes is 1. The number of benzene rings is 1. The van der Waals surface area contributed by atoms with Gasteiger partial charge in [0, 0.05) is 29.9 Å². The van der Waals surface area contributed by atoms with Gasteiger partial charge >= 0.3 is 6.18 Å². The van der Waals surface area contributed by atoms with Crippen molar-refractivity contribution in [2.24, 2.45) is 0 Å². The molecule has 0 saturated carbocycles. The number of nitrogens with zero attached hydrogens (tertiary/aromatic N) is 2. The van der Waals surface area contributed by atoms with Crippen LogP contribution in [0.25, 0.3) is 0 Å². The molecule has 0 amide bonds. The molecule has 9 heteroatoms. The van der Waals surface area contributed by atoms with Gasteiger partial charge in [0.05, 0.1) is 11.5 Å². The van der Waals surface area contributed by atoms with Crippen molar-refractivity contribution in [2.45, 2.75) is 6.18 Å². The van der Waals surface area contributed by atoms with Gasteiger partial charge in [0.1, 0.15) is 6.54 Å². The standard InChI is InChI=1S/C11H11F3N2O4/c12-11(13,14)7-15(3-4-17)10-2-1-9(16(19)20)5-8(10)6-18/h1-2,5-6,17H,3-4,7H2. The van der Waals surface area contributed by atoms with E-state index < -0.39 is 29.9 Å². The Morgan fingerprint density at radius 1 is 1.40 bits per heavy atom. The van der Waals surface area contributed by atoms with E-state index in [0.29, 0.717) is 0 Å². The SMILES string of the molecule is O=Cc1cc([N+](=O)[O-])ccc1N(CCO)CC(F)(F)F. The fourth-order valence-electron chi connectivity index (χ4n) is 1.66. The zero-order valence-electron chi connectivity index (χ0n) is 10.1. The summed E-state index contributed by atoms with van der Waals surface area (Å²) < 4.78 is 37.3. The quantitative estimate of drug-likeness (QED) is 0.491. The number of nitro groups is 1. The third kappa shape index (κ3) is 4.19. The van der Waals surface area contributed by atoms with Crippen LogP contribution in [0.15, 0.2) is 18.2 Å². The summed E-state index contributed by atoms with van der Waals surface area (Å²) >= 11 is 0. The number of carbonyl (C=O) groups is 1. The summed E-state index contributed by atoms with van der Waals surface area (Å²) in [7, 11) is 0. The molecule has 110 valence electrons. The van der Waals surface area contributed by atoms with Crippen molar-refractivity contribution in [2.75, 3.05) is 24.6 Å². The molecule has 20 heavy (non-hydrogen) atoms. The molecule has 0 aliphatic rings. The highest BCUT2D eigenvalue weighted by molar-refractivity contribution is 5.86. The third-order valence-corrected chi connectivity index (χ3v) is 2.43. The highest BCUT2D eigenvalue weighted by atomic mass is 19.4. The lowest BCUT2D eigenvalue weighted by molar-refractivity contribution is -0.384. The van der Waals surface area contributed by atoms with E-state index in [1.807, 2.05) is 0 Å². The maximum atomic E-state index is 12.4. The molecule has 1 rings (SSSR count). The second kappa shape index (κ2) is 6.33. The molecule has 0 heterocycles. The van der Waals surface area contributed by atoms with Crippen molar-refractivity contribution in [1.29, 1.82) is 0 Å². The molecule has 0 radical (unpaired) electrons. The number of carbonyl (C=O) groups excluding carboxylic acids is 1. The number of nitro benzene ring substituents is 1. The Balaban J connectivity index is 3.18. The molecule has 0 fully saturated rings. The van der Waals surface area contributed by atoms with Gasteiger partial charge in [0.15, 0.2) is 6.29 Å². The molecular formula is C11H11F3N2O4. The van der Waals surface area contributed by atoms with E-state index in [9.17, 15) is 28.1 Å². The topological polar surface area (TPSA) is 83.7 Å². The van der Waals surface area contributed by atoms with Crippen LogP contribution < -0.4 is 4.90 Å². The Bertz CT molecular complexity index is 505. The summed E-state index contributed by atoms with van der Waals surface area (Å²) in [5, 5.41) is 19.4. The lowest BCUT2D eigenvalue weighted by Crippen LogP contribution is -2.36. The summed E-state index contributed by atoms with van der Waals surface area (Å²) in [6, 6.07) is 2.95. The van der Waals surface area contributed by atoms with Crippen molar-refractivity contribution in [1.82, 2.24) is 0 Å². The van der Waals surface area contributed by atoms with Crippen LogP contribution in [0.4, 0.5) is 24.5 Å². The second-order valence-electron chi connectivity index (χ2n) is 3.88. The van der Waals surface area contributed by atoms with Crippen LogP contribution in [0.2, 0.25) is 0 Å². The van der Waals surface area contributed by atoms with E-state index in [1.165, 1.54) is 0 Å². The molecule has 6 nitrogen and oxygen atoms in total. The zero-order valence-corrected chi connectivity index (χ0v) is 10.1. The Hall–Kier alpha value is -2.16. The number of hydrogen-bond acceptors (Lipinski definition) is 5. The predicted octanol–water partition coefficient (Wildman–Crippen LogP) is 1.77. The minimum absolute atomic E-state index is 0.114. The van der Waals surface area contributed by atoms with Gasteiger partial charge in [-0.3, -0.25) is 14.9 Å². The summed E-state index contributed by atoms with van der Waals surface area (Å²) in [5.41, 5.74) is -0.749. The van der Waals surface area contributed by atoms with E-state index in [4.69, 9.17) is 5.11 Å². The van der Waals surface area contributed by atoms with Crippen LogP contribution in [0.3, 0.4) is 0 Å². The van der Waals surface area contributed by atoms with Crippen LogP contribution in [-0.4, -0.2) is 42.2 Å². The first-order valence-corrected chi connectivity index (χ1v) is 5.44. The van der Waals surface area contributed by atoms with E-state index in [-0.39, 0.29) is 24.1 Å². The maximum absolute atomic E-state index is 12.4. The highest BCUT2D eigenvalue weighted by Crippen LogP contribution is 2.27. The average Bonchev–Trinajstić information content (AvgIpc) is 2.35. The monoisotopic (exact) mass is 292 g/mol. The first-order chi connectivity index (χ1) is 9.28. The molecule has 1 N–H and O–H groups in total. The second-order valence-corrected chi connectivity index (χ2v) is 3.88. The number of alkyl halides is 3. The number of halogens is 3. The molecular weight excluding hydrogens is 281 g/mol. The number of anilines is 1. The van der Waals surface area contributed by atoms with Gasteiger partial charge < -0.3 is 10.0 Å². The number of aliphatic hydroxyl groups excluding tert-OH is 1. The van der Waals surface area contributed by atoms with Crippen molar-refractivity contribution in [3.05, 3.63) is 33.9 Å². The Morgan fingerprint density at radius 2 is 2.05 bits per heavy atom. The Morgan fingerprint density at radius 3 is 2.50 bits per heavy atom. The van der Waals surface area contributed by atoms with Crippen LogP contribution in [0.5, 0.6) is 0 Å². The first-order valence-electron chi connectivity index (χ1n) is 5.44. The van der Waals surface area contributed by atoms with Gasteiger partial charge in [0.2, 0.25) is 0 Å². The summed E-state index contributed by atoms with van der Waals surface area (Å²) in [4.78, 5) is 21.4. The first kappa shape index (κ1) is 15.9. The van der Waals surface area contributed by atoms with E-state index >= 15 is 0 Å². The van der Waals surface area contributed by atoms with Gasteiger partial charge in [-0.2, -0.15) is 13.2 Å². The molecule has 0 aliphatic heterocycles. The van der Waals surface area contributed by atoms with Gasteiger partial charge in [-0.05, 0) is 6.07 Å².